The molecule has 2 aromatic rings. The number of nitrogens with one attached hydrogen (secondary N) is 1. The molecule has 0 spiro atoms. The lowest BCUT2D eigenvalue weighted by atomic mass is 9.88. The minimum Gasteiger partial charge on any atom is -0.335 e. The molecule has 0 bridgehead atoms. The van der Waals surface area contributed by atoms with Crippen LogP contribution >= 0.6 is 11.6 Å². The van der Waals surface area contributed by atoms with Crippen molar-refractivity contribution in [1.82, 2.24) is 4.90 Å². The number of hydrogen-bond donors (Lipinski definition) is 2. The van der Waals surface area contributed by atoms with E-state index < -0.39 is 0 Å². The van der Waals surface area contributed by atoms with Crippen LogP contribution in [-0.2, 0) is 11.3 Å². The number of halogens is 1. The molecule has 1 aliphatic rings. The fourth-order valence-corrected chi connectivity index (χ4v) is 4.37. The summed E-state index contributed by atoms with van der Waals surface area (Å²) < 4.78 is 0. The average molecular weight is 456 g/mol. The largest absolute Gasteiger partial charge is 0.335 e. The first-order chi connectivity index (χ1) is 15.1. The molecule has 1 fully saturated rings. The molecule has 2 aromatic carbocycles. The molecule has 3 rings (SSSR count). The van der Waals surface area contributed by atoms with Gasteiger partial charge in [0, 0.05) is 41.3 Å². The molecule has 6 heteroatoms. The number of benzene rings is 2. The van der Waals surface area contributed by atoms with Crippen molar-refractivity contribution in [2.75, 3.05) is 5.32 Å². The fraction of sp³-hybridized carbons (Fsp3) is 0.462. The van der Waals surface area contributed by atoms with Gasteiger partial charge < -0.3 is 16.0 Å². The fourth-order valence-electron chi connectivity index (χ4n) is 4.18. The highest BCUT2D eigenvalue weighted by Gasteiger charge is 2.30. The van der Waals surface area contributed by atoms with Crippen LogP contribution < -0.4 is 11.1 Å². The average Bonchev–Trinajstić information content (AvgIpc) is 2.72. The number of rotatable bonds is 6. The zero-order valence-electron chi connectivity index (χ0n) is 19.2. The number of anilines is 1. The van der Waals surface area contributed by atoms with E-state index in [1.165, 1.54) is 0 Å². The first kappa shape index (κ1) is 24.3. The van der Waals surface area contributed by atoms with Crippen molar-refractivity contribution in [3.8, 4) is 0 Å². The number of hydrogen-bond acceptors (Lipinski definition) is 3. The Hall–Kier alpha value is -2.37. The van der Waals surface area contributed by atoms with Gasteiger partial charge in [0.05, 0.1) is 0 Å². The summed E-state index contributed by atoms with van der Waals surface area (Å²) in [4.78, 5) is 28.1. The second kappa shape index (κ2) is 10.5. The van der Waals surface area contributed by atoms with E-state index in [1.807, 2.05) is 29.2 Å². The van der Waals surface area contributed by atoms with Crippen LogP contribution in [0.15, 0.2) is 48.5 Å². The van der Waals surface area contributed by atoms with Crippen molar-refractivity contribution >= 4 is 29.1 Å². The number of carbonyl (C=O) groups is 2. The van der Waals surface area contributed by atoms with Crippen LogP contribution in [0.5, 0.6) is 0 Å². The Morgan fingerprint density at radius 3 is 2.41 bits per heavy atom. The lowest BCUT2D eigenvalue weighted by Gasteiger charge is -2.38. The Kier molecular flexibility index (Phi) is 7.96. The van der Waals surface area contributed by atoms with Crippen molar-refractivity contribution in [2.45, 2.75) is 71.5 Å². The summed E-state index contributed by atoms with van der Waals surface area (Å²) >= 11 is 6.04. The van der Waals surface area contributed by atoms with Gasteiger partial charge in [0.2, 0.25) is 5.91 Å². The van der Waals surface area contributed by atoms with Gasteiger partial charge in [-0.05, 0) is 60.9 Å². The SMILES string of the molecule is CC(C)(C)CC(=O)N(Cc1ccccc1NC(=O)c1cccc(Cl)c1)C1CCC(N)CC1. The van der Waals surface area contributed by atoms with E-state index in [-0.39, 0.29) is 29.3 Å². The van der Waals surface area contributed by atoms with Crippen molar-refractivity contribution in [2.24, 2.45) is 11.1 Å². The quantitative estimate of drug-likeness (QED) is 0.592. The number of nitrogens with two attached hydrogens (primary N) is 1. The van der Waals surface area contributed by atoms with Crippen molar-refractivity contribution in [1.29, 1.82) is 0 Å². The Labute approximate surface area is 196 Å². The lowest BCUT2D eigenvalue weighted by Crippen LogP contribution is -2.44. The van der Waals surface area contributed by atoms with Gasteiger partial charge in [-0.15, -0.1) is 0 Å². The Balaban J connectivity index is 1.82. The number of para-hydroxylation sites is 1. The van der Waals surface area contributed by atoms with E-state index in [0.29, 0.717) is 29.2 Å². The van der Waals surface area contributed by atoms with Crippen molar-refractivity contribution < 1.29 is 9.59 Å². The third-order valence-corrected chi connectivity index (χ3v) is 6.11. The van der Waals surface area contributed by atoms with Crippen LogP contribution in [0, 0.1) is 5.41 Å². The molecule has 5 nitrogen and oxygen atoms in total. The third-order valence-electron chi connectivity index (χ3n) is 5.88. The van der Waals surface area contributed by atoms with Gasteiger partial charge in [0.1, 0.15) is 0 Å². The molecule has 1 aliphatic carbocycles. The van der Waals surface area contributed by atoms with E-state index in [4.69, 9.17) is 17.3 Å². The molecule has 32 heavy (non-hydrogen) atoms. The first-order valence-electron chi connectivity index (χ1n) is 11.3. The zero-order chi connectivity index (χ0) is 23.3. The zero-order valence-corrected chi connectivity index (χ0v) is 20.0. The van der Waals surface area contributed by atoms with Crippen molar-refractivity contribution in [3.63, 3.8) is 0 Å². The van der Waals surface area contributed by atoms with Crippen LogP contribution in [0.25, 0.3) is 0 Å². The van der Waals surface area contributed by atoms with Crippen molar-refractivity contribution in [3.05, 3.63) is 64.7 Å². The molecule has 2 amide bonds. The van der Waals surface area contributed by atoms with Gasteiger partial charge in [0.25, 0.3) is 5.91 Å². The van der Waals surface area contributed by atoms with Gasteiger partial charge in [0.15, 0.2) is 0 Å². The molecule has 172 valence electrons. The minimum absolute atomic E-state index is 0.0965. The summed E-state index contributed by atoms with van der Waals surface area (Å²) in [6.45, 7) is 6.71. The number of carbonyl (C=O) groups excluding carboxylic acids is 2. The first-order valence-corrected chi connectivity index (χ1v) is 11.7. The topological polar surface area (TPSA) is 75.4 Å². The molecule has 0 unspecified atom stereocenters. The molecule has 0 aliphatic heterocycles. The van der Waals surface area contributed by atoms with E-state index in [1.54, 1.807) is 24.3 Å². The number of nitrogens with zero attached hydrogens (tertiary/aromatic N) is 1. The maximum atomic E-state index is 13.3. The summed E-state index contributed by atoms with van der Waals surface area (Å²) in [6.07, 6.45) is 4.16. The van der Waals surface area contributed by atoms with E-state index >= 15 is 0 Å². The summed E-state index contributed by atoms with van der Waals surface area (Å²) in [7, 11) is 0. The highest BCUT2D eigenvalue weighted by Crippen LogP contribution is 2.29. The van der Waals surface area contributed by atoms with E-state index in [2.05, 4.69) is 26.1 Å². The normalized spacial score (nSPS) is 18.8. The molecular formula is C26H34ClN3O2. The van der Waals surface area contributed by atoms with Crippen LogP contribution in [0.4, 0.5) is 5.69 Å². The molecular weight excluding hydrogens is 422 g/mol. The van der Waals surface area contributed by atoms with Gasteiger partial charge in [-0.2, -0.15) is 0 Å². The van der Waals surface area contributed by atoms with Gasteiger partial charge in [-0.3, -0.25) is 9.59 Å². The Bertz CT molecular complexity index is 946. The van der Waals surface area contributed by atoms with Gasteiger partial charge in [-0.1, -0.05) is 56.6 Å². The molecule has 0 radical (unpaired) electrons. The monoisotopic (exact) mass is 455 g/mol. The smallest absolute Gasteiger partial charge is 0.255 e. The van der Waals surface area contributed by atoms with Gasteiger partial charge >= 0.3 is 0 Å². The van der Waals surface area contributed by atoms with Crippen LogP contribution in [0.3, 0.4) is 0 Å². The van der Waals surface area contributed by atoms with E-state index in [0.717, 1.165) is 31.2 Å². The predicted molar refractivity (Wildman–Crippen MR) is 131 cm³/mol. The highest BCUT2D eigenvalue weighted by molar-refractivity contribution is 6.31. The van der Waals surface area contributed by atoms with Gasteiger partial charge in [-0.25, -0.2) is 0 Å². The molecule has 0 saturated heterocycles. The molecule has 0 atom stereocenters. The summed E-state index contributed by atoms with van der Waals surface area (Å²) in [5.41, 5.74) is 8.13. The Morgan fingerprint density at radius 2 is 1.75 bits per heavy atom. The molecule has 1 saturated carbocycles. The van der Waals surface area contributed by atoms with Crippen LogP contribution in [0.2, 0.25) is 5.02 Å². The second-order valence-electron chi connectivity index (χ2n) is 9.95. The van der Waals surface area contributed by atoms with E-state index in [9.17, 15) is 9.59 Å². The minimum atomic E-state index is -0.226. The van der Waals surface area contributed by atoms with Crippen LogP contribution in [-0.4, -0.2) is 28.8 Å². The molecule has 0 heterocycles. The third kappa shape index (κ3) is 6.81. The lowest BCUT2D eigenvalue weighted by molar-refractivity contribution is -0.137. The predicted octanol–water partition coefficient (Wildman–Crippen LogP) is 5.63. The Morgan fingerprint density at radius 1 is 1.06 bits per heavy atom. The molecule has 0 aromatic heterocycles. The summed E-state index contributed by atoms with van der Waals surface area (Å²) in [6, 6.07) is 14.9. The standard InChI is InChI=1S/C26H34ClN3O2/c1-26(2,3)16-24(31)30(22-13-11-21(28)12-14-22)17-19-7-4-5-10-23(19)29-25(32)18-8-6-9-20(27)15-18/h4-10,15,21-22H,11-14,16-17,28H2,1-3H3,(H,29,32). The molecule has 3 N–H and O–H groups in total. The second-order valence-corrected chi connectivity index (χ2v) is 10.4. The summed E-state index contributed by atoms with van der Waals surface area (Å²) in [5.74, 6) is -0.0786. The number of amides is 2. The maximum absolute atomic E-state index is 13.3. The summed E-state index contributed by atoms with van der Waals surface area (Å²) in [5, 5.41) is 3.52. The maximum Gasteiger partial charge on any atom is 0.255 e. The van der Waals surface area contributed by atoms with Crippen LogP contribution in [0.1, 0.15) is 68.8 Å². The highest BCUT2D eigenvalue weighted by atomic mass is 35.5.